The Morgan fingerprint density at radius 2 is 2.12 bits per heavy atom. The van der Waals surface area contributed by atoms with E-state index in [0.29, 0.717) is 6.54 Å². The Kier molecular flexibility index (Phi) is 5.25. The maximum atomic E-state index is 11.5. The first-order chi connectivity index (χ1) is 11.6. The molecule has 1 atom stereocenters. The molecule has 3 rings (SSSR count). The Balaban J connectivity index is 1.66. The van der Waals surface area contributed by atoms with Gasteiger partial charge in [0.1, 0.15) is 0 Å². The van der Waals surface area contributed by atoms with Crippen LogP contribution < -0.4 is 5.73 Å². The Hall–Kier alpha value is -2.21. The summed E-state index contributed by atoms with van der Waals surface area (Å²) >= 11 is 0. The van der Waals surface area contributed by atoms with E-state index in [9.17, 15) is 4.79 Å². The van der Waals surface area contributed by atoms with Crippen molar-refractivity contribution < 1.29 is 4.79 Å². The van der Waals surface area contributed by atoms with E-state index >= 15 is 0 Å². The largest absolute Gasteiger partial charge is 0.369 e. The summed E-state index contributed by atoms with van der Waals surface area (Å²) in [6.45, 7) is 3.75. The molecule has 0 aliphatic heterocycles. The maximum absolute atomic E-state index is 11.5. The van der Waals surface area contributed by atoms with Crippen LogP contribution in [0.4, 0.5) is 0 Å². The summed E-state index contributed by atoms with van der Waals surface area (Å²) in [7, 11) is 0. The van der Waals surface area contributed by atoms with E-state index in [-0.39, 0.29) is 18.5 Å². The van der Waals surface area contributed by atoms with Crippen LogP contribution >= 0.6 is 0 Å². The van der Waals surface area contributed by atoms with Crippen molar-refractivity contribution in [2.45, 2.75) is 45.3 Å². The third-order valence-electron chi connectivity index (χ3n) is 4.60. The van der Waals surface area contributed by atoms with Crippen molar-refractivity contribution in [2.75, 3.05) is 6.54 Å². The number of rotatable bonds is 9. The van der Waals surface area contributed by atoms with E-state index in [1.54, 1.807) is 0 Å². The van der Waals surface area contributed by atoms with Crippen LogP contribution in [0.25, 0.3) is 0 Å². The molecule has 1 aliphatic carbocycles. The Bertz CT molecular complexity index is 665. The highest BCUT2D eigenvalue weighted by atomic mass is 16.1. The summed E-state index contributed by atoms with van der Waals surface area (Å²) in [5.74, 6) is 0.543. The molecular weight excluding hydrogens is 302 g/mol. The van der Waals surface area contributed by atoms with Gasteiger partial charge in [0.15, 0.2) is 0 Å². The Morgan fingerprint density at radius 1 is 1.38 bits per heavy atom. The van der Waals surface area contributed by atoms with E-state index in [1.807, 2.05) is 34.0 Å². The molecule has 24 heavy (non-hydrogen) atoms. The second-order valence-corrected chi connectivity index (χ2v) is 6.66. The van der Waals surface area contributed by atoms with Gasteiger partial charge < -0.3 is 5.73 Å². The van der Waals surface area contributed by atoms with Gasteiger partial charge >= 0.3 is 0 Å². The fourth-order valence-corrected chi connectivity index (χ4v) is 2.92. The van der Waals surface area contributed by atoms with Gasteiger partial charge in [-0.1, -0.05) is 48.4 Å². The lowest BCUT2D eigenvalue weighted by Crippen LogP contribution is -2.35. The SMILES string of the molecule is C[C@H](c1ccccc1)N(CC(N)=O)Cc1cn(CCC2CC2)nn1. The second kappa shape index (κ2) is 7.57. The zero-order valence-electron chi connectivity index (χ0n) is 14.1. The molecule has 0 bridgehead atoms. The second-order valence-electron chi connectivity index (χ2n) is 6.66. The van der Waals surface area contributed by atoms with E-state index in [0.717, 1.165) is 23.7 Å². The topological polar surface area (TPSA) is 77.0 Å². The van der Waals surface area contributed by atoms with Gasteiger partial charge in [-0.25, -0.2) is 0 Å². The molecule has 0 radical (unpaired) electrons. The lowest BCUT2D eigenvalue weighted by atomic mass is 10.1. The highest BCUT2D eigenvalue weighted by molar-refractivity contribution is 5.76. The number of nitrogens with two attached hydrogens (primary N) is 1. The lowest BCUT2D eigenvalue weighted by Gasteiger charge is -2.27. The van der Waals surface area contributed by atoms with Crippen LogP contribution in [0.15, 0.2) is 36.5 Å². The predicted molar refractivity (Wildman–Crippen MR) is 91.8 cm³/mol. The van der Waals surface area contributed by atoms with Crippen LogP contribution in [0.5, 0.6) is 0 Å². The van der Waals surface area contributed by atoms with Gasteiger partial charge in [0.05, 0.1) is 12.2 Å². The van der Waals surface area contributed by atoms with Crippen LogP contribution in [-0.2, 0) is 17.9 Å². The molecule has 1 fully saturated rings. The standard InChI is InChI=1S/C18H25N5O/c1-14(16-5-3-2-4-6-16)22(13-18(19)24)11-17-12-23(21-20-17)10-9-15-7-8-15/h2-6,12,14-15H,7-11,13H2,1H3,(H2,19,24)/t14-/m1/s1. The number of carbonyl (C=O) groups is 1. The minimum absolute atomic E-state index is 0.0790. The summed E-state index contributed by atoms with van der Waals surface area (Å²) in [4.78, 5) is 13.5. The molecule has 1 saturated carbocycles. The van der Waals surface area contributed by atoms with E-state index < -0.39 is 0 Å². The Labute approximate surface area is 142 Å². The first-order valence-electron chi connectivity index (χ1n) is 8.58. The van der Waals surface area contributed by atoms with Crippen molar-refractivity contribution in [3.05, 3.63) is 47.8 Å². The molecular formula is C18H25N5O. The molecule has 1 aromatic carbocycles. The fourth-order valence-electron chi connectivity index (χ4n) is 2.92. The average Bonchev–Trinajstić information content (AvgIpc) is 3.31. The molecule has 6 heteroatoms. The zero-order valence-corrected chi connectivity index (χ0v) is 14.1. The third-order valence-corrected chi connectivity index (χ3v) is 4.60. The van der Waals surface area contributed by atoms with Crippen molar-refractivity contribution in [2.24, 2.45) is 11.7 Å². The van der Waals surface area contributed by atoms with Gasteiger partial charge in [0, 0.05) is 25.3 Å². The minimum atomic E-state index is -0.334. The lowest BCUT2D eigenvalue weighted by molar-refractivity contribution is -0.119. The third kappa shape index (κ3) is 4.64. The summed E-state index contributed by atoms with van der Waals surface area (Å²) in [5.41, 5.74) is 7.46. The molecule has 2 N–H and O–H groups in total. The monoisotopic (exact) mass is 327 g/mol. The van der Waals surface area contributed by atoms with Crippen LogP contribution in [-0.4, -0.2) is 32.3 Å². The minimum Gasteiger partial charge on any atom is -0.369 e. The van der Waals surface area contributed by atoms with Gasteiger partial charge in [-0.2, -0.15) is 0 Å². The number of amides is 1. The van der Waals surface area contributed by atoms with Gasteiger partial charge in [0.25, 0.3) is 0 Å². The quantitative estimate of drug-likeness (QED) is 0.765. The Morgan fingerprint density at radius 3 is 2.79 bits per heavy atom. The number of primary amides is 1. The number of hydrogen-bond acceptors (Lipinski definition) is 4. The molecule has 6 nitrogen and oxygen atoms in total. The molecule has 0 spiro atoms. The normalized spacial score (nSPS) is 15.6. The average molecular weight is 327 g/mol. The number of benzene rings is 1. The molecule has 1 aromatic heterocycles. The van der Waals surface area contributed by atoms with Gasteiger partial charge in [-0.15, -0.1) is 5.10 Å². The van der Waals surface area contributed by atoms with E-state index in [2.05, 4.69) is 29.4 Å². The highest BCUT2D eigenvalue weighted by Gasteiger charge is 2.22. The first-order valence-corrected chi connectivity index (χ1v) is 8.58. The number of aryl methyl sites for hydroxylation is 1. The van der Waals surface area contributed by atoms with Crippen LogP contribution in [0.2, 0.25) is 0 Å². The number of carbonyl (C=O) groups excluding carboxylic acids is 1. The van der Waals surface area contributed by atoms with Gasteiger partial charge in [0.2, 0.25) is 5.91 Å². The van der Waals surface area contributed by atoms with Crippen molar-refractivity contribution in [1.29, 1.82) is 0 Å². The smallest absolute Gasteiger partial charge is 0.231 e. The van der Waals surface area contributed by atoms with Crippen molar-refractivity contribution in [1.82, 2.24) is 19.9 Å². The molecule has 1 amide bonds. The summed E-state index contributed by atoms with van der Waals surface area (Å²) in [6, 6.07) is 10.2. The van der Waals surface area contributed by atoms with Crippen molar-refractivity contribution in [3.8, 4) is 0 Å². The molecule has 128 valence electrons. The molecule has 0 unspecified atom stereocenters. The zero-order chi connectivity index (χ0) is 16.9. The highest BCUT2D eigenvalue weighted by Crippen LogP contribution is 2.32. The molecule has 2 aromatic rings. The number of nitrogens with zero attached hydrogens (tertiary/aromatic N) is 4. The maximum Gasteiger partial charge on any atom is 0.231 e. The summed E-state index contributed by atoms with van der Waals surface area (Å²) in [6.07, 6.45) is 5.85. The van der Waals surface area contributed by atoms with Crippen LogP contribution in [0, 0.1) is 5.92 Å². The van der Waals surface area contributed by atoms with Crippen molar-refractivity contribution >= 4 is 5.91 Å². The van der Waals surface area contributed by atoms with Crippen LogP contribution in [0.3, 0.4) is 0 Å². The van der Waals surface area contributed by atoms with Gasteiger partial charge in [-0.3, -0.25) is 14.4 Å². The van der Waals surface area contributed by atoms with Crippen LogP contribution in [0.1, 0.15) is 43.5 Å². The predicted octanol–water partition coefficient (Wildman–Crippen LogP) is 2.13. The summed E-state index contributed by atoms with van der Waals surface area (Å²) in [5, 5.41) is 8.46. The molecule has 0 saturated heterocycles. The summed E-state index contributed by atoms with van der Waals surface area (Å²) < 4.78 is 1.91. The number of aromatic nitrogens is 3. The van der Waals surface area contributed by atoms with E-state index in [1.165, 1.54) is 19.3 Å². The molecule has 1 heterocycles. The van der Waals surface area contributed by atoms with E-state index in [4.69, 9.17) is 5.73 Å². The number of hydrogen-bond donors (Lipinski definition) is 1. The van der Waals surface area contributed by atoms with Gasteiger partial charge in [-0.05, 0) is 24.8 Å². The van der Waals surface area contributed by atoms with Crippen molar-refractivity contribution in [3.63, 3.8) is 0 Å². The fraction of sp³-hybridized carbons (Fsp3) is 0.500. The first kappa shape index (κ1) is 16.6. The molecule has 1 aliphatic rings.